The topological polar surface area (TPSA) is 111 Å². The van der Waals surface area contributed by atoms with E-state index in [1.165, 1.54) is 30.2 Å². The molecule has 0 radical (unpaired) electrons. The molecule has 0 heterocycles. The number of ether oxygens (including phenoxy) is 1. The largest absolute Gasteiger partial charge is 0.383 e. The average molecular weight is 282 g/mol. The Labute approximate surface area is 116 Å². The van der Waals surface area contributed by atoms with Crippen molar-refractivity contribution in [3.05, 3.63) is 33.9 Å². The lowest BCUT2D eigenvalue weighted by atomic mass is 10.1. The second-order valence-electron chi connectivity index (χ2n) is 4.32. The molecule has 0 aliphatic heterocycles. The molecule has 1 rings (SSSR count). The molecular formula is C12H18N4O4. The number of para-hydroxylation sites is 1. The van der Waals surface area contributed by atoms with Crippen LogP contribution in [0.25, 0.3) is 0 Å². The van der Waals surface area contributed by atoms with Gasteiger partial charge in [-0.05, 0) is 13.0 Å². The number of nitro benzene ring substituents is 1. The molecule has 0 spiro atoms. The van der Waals surface area contributed by atoms with Gasteiger partial charge in [-0.25, -0.2) is 0 Å². The van der Waals surface area contributed by atoms with Gasteiger partial charge in [-0.3, -0.25) is 20.8 Å². The van der Waals surface area contributed by atoms with Crippen LogP contribution in [0, 0.1) is 10.1 Å². The highest BCUT2D eigenvalue weighted by Gasteiger charge is 2.25. The lowest BCUT2D eigenvalue weighted by Crippen LogP contribution is -2.38. The van der Waals surface area contributed by atoms with Crippen molar-refractivity contribution >= 4 is 17.3 Å². The summed E-state index contributed by atoms with van der Waals surface area (Å²) in [4.78, 5) is 24.1. The Kier molecular flexibility index (Phi) is 5.42. The first-order valence-corrected chi connectivity index (χ1v) is 5.94. The number of anilines is 1. The quantitative estimate of drug-likeness (QED) is 0.457. The van der Waals surface area contributed by atoms with Crippen LogP contribution in [0.1, 0.15) is 17.3 Å². The number of carbonyl (C=O) groups is 1. The minimum absolute atomic E-state index is 0.000957. The molecule has 0 aromatic heterocycles. The number of nitrogens with two attached hydrogens (primary N) is 1. The minimum Gasteiger partial charge on any atom is -0.383 e. The number of hydrazine groups is 1. The Morgan fingerprint density at radius 2 is 2.25 bits per heavy atom. The van der Waals surface area contributed by atoms with Crippen molar-refractivity contribution in [1.29, 1.82) is 0 Å². The zero-order valence-electron chi connectivity index (χ0n) is 11.6. The zero-order valence-corrected chi connectivity index (χ0v) is 11.6. The third kappa shape index (κ3) is 3.22. The summed E-state index contributed by atoms with van der Waals surface area (Å²) in [5.41, 5.74) is 2.13. The van der Waals surface area contributed by atoms with Crippen molar-refractivity contribution in [2.75, 3.05) is 26.2 Å². The number of nitrogen functional groups attached to an aromatic ring is 1. The number of hydrogen-bond acceptors (Lipinski definition) is 6. The summed E-state index contributed by atoms with van der Waals surface area (Å²) in [6.07, 6.45) is 0. The number of likely N-dealkylation sites (N-methyl/N-ethyl adjacent to an activating group) is 1. The standard InChI is InChI=1S/C12H18N4O4/c1-8(7-20-3)15(2)12(17)9-5-4-6-10(16(18)19)11(9)14-13/h4-6,8,14H,7,13H2,1-3H3. The Bertz CT molecular complexity index is 506. The Balaban J connectivity index is 3.16. The first kappa shape index (κ1) is 15.9. The van der Waals surface area contributed by atoms with Gasteiger partial charge in [-0.15, -0.1) is 0 Å². The molecule has 1 amide bonds. The number of nitrogens with zero attached hydrogens (tertiary/aromatic N) is 2. The number of amides is 1. The molecule has 0 aliphatic carbocycles. The van der Waals surface area contributed by atoms with Gasteiger partial charge in [0, 0.05) is 20.2 Å². The second-order valence-corrected chi connectivity index (χ2v) is 4.32. The Morgan fingerprint density at radius 1 is 1.60 bits per heavy atom. The van der Waals surface area contributed by atoms with Crippen LogP contribution in [-0.4, -0.2) is 42.5 Å². The third-order valence-corrected chi connectivity index (χ3v) is 3.00. The lowest BCUT2D eigenvalue weighted by molar-refractivity contribution is -0.384. The van der Waals surface area contributed by atoms with Crippen LogP contribution >= 0.6 is 0 Å². The van der Waals surface area contributed by atoms with Crippen molar-refractivity contribution in [3.8, 4) is 0 Å². The summed E-state index contributed by atoms with van der Waals surface area (Å²) in [6.45, 7) is 2.18. The first-order valence-electron chi connectivity index (χ1n) is 5.94. The number of methoxy groups -OCH3 is 1. The highest BCUT2D eigenvalue weighted by atomic mass is 16.6. The molecule has 110 valence electrons. The van der Waals surface area contributed by atoms with Gasteiger partial charge in [-0.1, -0.05) is 6.07 Å². The highest BCUT2D eigenvalue weighted by molar-refractivity contribution is 6.01. The average Bonchev–Trinajstić information content (AvgIpc) is 2.44. The van der Waals surface area contributed by atoms with E-state index in [2.05, 4.69) is 5.43 Å². The molecule has 20 heavy (non-hydrogen) atoms. The molecule has 8 nitrogen and oxygen atoms in total. The first-order chi connectivity index (χ1) is 9.43. The van der Waals surface area contributed by atoms with Gasteiger partial charge in [0.05, 0.1) is 23.1 Å². The van der Waals surface area contributed by atoms with E-state index in [-0.39, 0.29) is 28.9 Å². The van der Waals surface area contributed by atoms with E-state index in [0.29, 0.717) is 6.61 Å². The van der Waals surface area contributed by atoms with Crippen LogP contribution in [0.5, 0.6) is 0 Å². The molecule has 1 unspecified atom stereocenters. The van der Waals surface area contributed by atoms with Crippen LogP contribution < -0.4 is 11.3 Å². The van der Waals surface area contributed by atoms with E-state index < -0.39 is 4.92 Å². The zero-order chi connectivity index (χ0) is 15.3. The smallest absolute Gasteiger partial charge is 0.294 e. The molecule has 0 saturated heterocycles. The van der Waals surface area contributed by atoms with E-state index in [4.69, 9.17) is 10.6 Å². The predicted molar refractivity (Wildman–Crippen MR) is 74.3 cm³/mol. The SMILES string of the molecule is COCC(C)N(C)C(=O)c1cccc([N+](=O)[O-])c1NN. The van der Waals surface area contributed by atoms with Gasteiger partial charge in [0.25, 0.3) is 11.6 Å². The number of benzene rings is 1. The third-order valence-electron chi connectivity index (χ3n) is 3.00. The lowest BCUT2D eigenvalue weighted by Gasteiger charge is -2.25. The van der Waals surface area contributed by atoms with E-state index >= 15 is 0 Å². The number of nitro groups is 1. The van der Waals surface area contributed by atoms with Crippen molar-refractivity contribution in [3.63, 3.8) is 0 Å². The number of rotatable bonds is 6. The van der Waals surface area contributed by atoms with Crippen molar-refractivity contribution in [2.45, 2.75) is 13.0 Å². The van der Waals surface area contributed by atoms with Gasteiger partial charge in [0.1, 0.15) is 5.69 Å². The fourth-order valence-corrected chi connectivity index (χ4v) is 1.77. The number of hydrogen-bond donors (Lipinski definition) is 2. The Morgan fingerprint density at radius 3 is 2.75 bits per heavy atom. The van der Waals surface area contributed by atoms with E-state index in [0.717, 1.165) is 0 Å². The summed E-state index contributed by atoms with van der Waals surface area (Å²) in [6, 6.07) is 4.05. The van der Waals surface area contributed by atoms with E-state index in [9.17, 15) is 14.9 Å². The van der Waals surface area contributed by atoms with Gasteiger partial charge >= 0.3 is 0 Å². The maximum absolute atomic E-state index is 12.4. The number of nitrogens with one attached hydrogen (secondary N) is 1. The van der Waals surface area contributed by atoms with Gasteiger partial charge in [0.15, 0.2) is 0 Å². The van der Waals surface area contributed by atoms with Crippen molar-refractivity contribution in [1.82, 2.24) is 4.90 Å². The van der Waals surface area contributed by atoms with Crippen molar-refractivity contribution in [2.24, 2.45) is 5.84 Å². The highest BCUT2D eigenvalue weighted by Crippen LogP contribution is 2.28. The summed E-state index contributed by atoms with van der Waals surface area (Å²) in [7, 11) is 3.14. The monoisotopic (exact) mass is 282 g/mol. The molecule has 0 aliphatic rings. The summed E-state index contributed by atoms with van der Waals surface area (Å²) >= 11 is 0. The van der Waals surface area contributed by atoms with Gasteiger partial charge in [-0.2, -0.15) is 0 Å². The Hall–Kier alpha value is -2.19. The van der Waals surface area contributed by atoms with Gasteiger partial charge in [0.2, 0.25) is 0 Å². The van der Waals surface area contributed by atoms with Crippen molar-refractivity contribution < 1.29 is 14.5 Å². The molecule has 3 N–H and O–H groups in total. The van der Waals surface area contributed by atoms with E-state index in [1.807, 2.05) is 6.92 Å². The molecule has 0 saturated carbocycles. The fraction of sp³-hybridized carbons (Fsp3) is 0.417. The van der Waals surface area contributed by atoms with E-state index in [1.54, 1.807) is 7.05 Å². The molecule has 1 atom stereocenters. The molecular weight excluding hydrogens is 264 g/mol. The normalized spacial score (nSPS) is 11.8. The van der Waals surface area contributed by atoms with Crippen LogP contribution in [0.3, 0.4) is 0 Å². The van der Waals surface area contributed by atoms with Crippen LogP contribution in [0.2, 0.25) is 0 Å². The maximum Gasteiger partial charge on any atom is 0.294 e. The van der Waals surface area contributed by atoms with Crippen LogP contribution in [0.15, 0.2) is 18.2 Å². The second kappa shape index (κ2) is 6.83. The van der Waals surface area contributed by atoms with Crippen LogP contribution in [-0.2, 0) is 4.74 Å². The molecule has 8 heteroatoms. The molecule has 0 bridgehead atoms. The summed E-state index contributed by atoms with van der Waals surface area (Å²) < 4.78 is 4.99. The molecule has 1 aromatic carbocycles. The summed E-state index contributed by atoms with van der Waals surface area (Å²) in [5.74, 6) is 4.94. The van der Waals surface area contributed by atoms with Crippen LogP contribution in [0.4, 0.5) is 11.4 Å². The fourth-order valence-electron chi connectivity index (χ4n) is 1.77. The molecule has 1 aromatic rings. The number of carbonyl (C=O) groups excluding carboxylic acids is 1. The predicted octanol–water partition coefficient (Wildman–Crippen LogP) is 0.987. The van der Waals surface area contributed by atoms with Gasteiger partial charge < -0.3 is 15.1 Å². The maximum atomic E-state index is 12.4. The molecule has 0 fully saturated rings. The summed E-state index contributed by atoms with van der Waals surface area (Å²) in [5, 5.41) is 10.9. The minimum atomic E-state index is -0.593.